The maximum absolute atomic E-state index is 12.3. The van der Waals surface area contributed by atoms with Crippen molar-refractivity contribution in [3.63, 3.8) is 0 Å². The smallest absolute Gasteiger partial charge is 0.327 e. The standard InChI is InChI=1S/C10H12N4O4S/c11-9(15)5-13-7-3-1-2-4-8(7)14(6-10(12)16)19(13,17)18/h1-4H,5-6H2,(H2,11,15)(H2,12,16). The highest BCUT2D eigenvalue weighted by Crippen LogP contribution is 2.39. The second-order valence-electron chi connectivity index (χ2n) is 3.94. The minimum atomic E-state index is -4.01. The Balaban J connectivity index is 2.54. The van der Waals surface area contributed by atoms with Gasteiger partial charge in [-0.25, -0.2) is 8.61 Å². The van der Waals surface area contributed by atoms with Crippen LogP contribution in [0.2, 0.25) is 0 Å². The number of nitrogens with zero attached hydrogens (tertiary/aromatic N) is 2. The molecule has 0 spiro atoms. The van der Waals surface area contributed by atoms with Crippen LogP contribution in [-0.2, 0) is 19.8 Å². The number of carbonyl (C=O) groups is 2. The Hall–Kier alpha value is -2.29. The first kappa shape index (κ1) is 13.1. The average molecular weight is 284 g/mol. The van der Waals surface area contributed by atoms with E-state index in [0.29, 0.717) is 11.4 Å². The summed E-state index contributed by atoms with van der Waals surface area (Å²) in [5, 5.41) is 0. The van der Waals surface area contributed by atoms with Crippen LogP contribution in [0.4, 0.5) is 11.4 Å². The van der Waals surface area contributed by atoms with Gasteiger partial charge in [0.05, 0.1) is 11.4 Å². The molecule has 1 heterocycles. The fourth-order valence-corrected chi connectivity index (χ4v) is 3.49. The monoisotopic (exact) mass is 284 g/mol. The molecule has 9 heteroatoms. The number of para-hydroxylation sites is 2. The molecule has 0 unspecified atom stereocenters. The molecule has 1 aromatic rings. The van der Waals surface area contributed by atoms with Crippen LogP contribution in [0.1, 0.15) is 0 Å². The second kappa shape index (κ2) is 4.43. The number of rotatable bonds is 4. The lowest BCUT2D eigenvalue weighted by molar-refractivity contribution is -0.117. The van der Waals surface area contributed by atoms with Crippen LogP contribution >= 0.6 is 0 Å². The Kier molecular flexibility index (Phi) is 3.06. The van der Waals surface area contributed by atoms with E-state index in [0.717, 1.165) is 8.61 Å². The first-order valence-electron chi connectivity index (χ1n) is 5.30. The van der Waals surface area contributed by atoms with Gasteiger partial charge in [-0.15, -0.1) is 0 Å². The Morgan fingerprint density at radius 2 is 1.32 bits per heavy atom. The Labute approximate surface area is 109 Å². The lowest BCUT2D eigenvalue weighted by Crippen LogP contribution is -2.44. The number of anilines is 2. The van der Waals surface area contributed by atoms with Crippen molar-refractivity contribution in [1.82, 2.24) is 0 Å². The summed E-state index contributed by atoms with van der Waals surface area (Å²) in [6, 6.07) is 6.29. The molecule has 2 amide bonds. The molecule has 0 radical (unpaired) electrons. The van der Waals surface area contributed by atoms with E-state index in [9.17, 15) is 18.0 Å². The summed E-state index contributed by atoms with van der Waals surface area (Å²) in [4.78, 5) is 22.0. The second-order valence-corrected chi connectivity index (χ2v) is 5.72. The van der Waals surface area contributed by atoms with Crippen molar-refractivity contribution in [1.29, 1.82) is 0 Å². The molecule has 4 N–H and O–H groups in total. The molecule has 0 aromatic heterocycles. The number of nitrogens with two attached hydrogens (primary N) is 2. The van der Waals surface area contributed by atoms with Crippen LogP contribution in [0, 0.1) is 0 Å². The summed E-state index contributed by atoms with van der Waals surface area (Å²) in [7, 11) is -4.01. The summed E-state index contributed by atoms with van der Waals surface area (Å²) in [5.41, 5.74) is 10.7. The van der Waals surface area contributed by atoms with Crippen molar-refractivity contribution in [3.8, 4) is 0 Å². The molecule has 8 nitrogen and oxygen atoms in total. The highest BCUT2D eigenvalue weighted by atomic mass is 32.2. The van der Waals surface area contributed by atoms with Crippen molar-refractivity contribution in [2.75, 3.05) is 21.7 Å². The van der Waals surface area contributed by atoms with E-state index in [2.05, 4.69) is 0 Å². The number of hydrogen-bond acceptors (Lipinski definition) is 4. The molecule has 0 fully saturated rings. The molecule has 1 aliphatic rings. The molecular weight excluding hydrogens is 272 g/mol. The Morgan fingerprint density at radius 3 is 1.63 bits per heavy atom. The molecule has 0 saturated heterocycles. The molecule has 0 saturated carbocycles. The van der Waals surface area contributed by atoms with Crippen LogP contribution in [0.15, 0.2) is 24.3 Å². The minimum Gasteiger partial charge on any atom is -0.368 e. The normalized spacial score (nSPS) is 16.2. The Bertz CT molecular complexity index is 594. The fraction of sp³-hybridized carbons (Fsp3) is 0.200. The average Bonchev–Trinajstić information content (AvgIpc) is 2.50. The maximum Gasteiger partial charge on any atom is 0.327 e. The van der Waals surface area contributed by atoms with Crippen molar-refractivity contribution in [3.05, 3.63) is 24.3 Å². The summed E-state index contributed by atoms with van der Waals surface area (Å²) >= 11 is 0. The van der Waals surface area contributed by atoms with Crippen LogP contribution in [0.3, 0.4) is 0 Å². The Morgan fingerprint density at radius 1 is 0.947 bits per heavy atom. The van der Waals surface area contributed by atoms with Gasteiger partial charge in [0.2, 0.25) is 11.8 Å². The number of fused-ring (bicyclic) bond motifs is 1. The van der Waals surface area contributed by atoms with Gasteiger partial charge in [0.25, 0.3) is 0 Å². The lowest BCUT2D eigenvalue weighted by Gasteiger charge is -2.19. The molecule has 1 aliphatic heterocycles. The molecule has 102 valence electrons. The van der Waals surface area contributed by atoms with E-state index in [1.807, 2.05) is 0 Å². The van der Waals surface area contributed by atoms with E-state index >= 15 is 0 Å². The van der Waals surface area contributed by atoms with Crippen LogP contribution < -0.4 is 20.1 Å². The van der Waals surface area contributed by atoms with Gasteiger partial charge in [0.15, 0.2) is 0 Å². The predicted molar refractivity (Wildman–Crippen MR) is 68.4 cm³/mol. The van der Waals surface area contributed by atoms with E-state index in [-0.39, 0.29) is 0 Å². The zero-order valence-corrected chi connectivity index (χ0v) is 10.6. The SMILES string of the molecule is NC(=O)CN1c2ccccc2N(CC(N)=O)S1(=O)=O. The first-order chi connectivity index (χ1) is 8.84. The lowest BCUT2D eigenvalue weighted by atomic mass is 10.2. The molecular formula is C10H12N4O4S. The number of benzene rings is 1. The largest absolute Gasteiger partial charge is 0.368 e. The molecule has 1 aromatic carbocycles. The van der Waals surface area contributed by atoms with E-state index < -0.39 is 35.1 Å². The van der Waals surface area contributed by atoms with Gasteiger partial charge in [-0.05, 0) is 12.1 Å². The summed E-state index contributed by atoms with van der Waals surface area (Å²) in [6.45, 7) is -0.983. The van der Waals surface area contributed by atoms with E-state index in [4.69, 9.17) is 11.5 Å². The van der Waals surface area contributed by atoms with Crippen molar-refractivity contribution in [2.45, 2.75) is 0 Å². The van der Waals surface area contributed by atoms with Gasteiger partial charge in [0.1, 0.15) is 13.1 Å². The zero-order chi connectivity index (χ0) is 14.2. The van der Waals surface area contributed by atoms with Gasteiger partial charge in [-0.1, -0.05) is 12.1 Å². The first-order valence-corrected chi connectivity index (χ1v) is 6.70. The van der Waals surface area contributed by atoms with Crippen molar-refractivity contribution >= 4 is 33.4 Å². The van der Waals surface area contributed by atoms with Gasteiger partial charge in [-0.2, -0.15) is 8.42 Å². The highest BCUT2D eigenvalue weighted by molar-refractivity contribution is 7.94. The predicted octanol–water partition coefficient (Wildman–Crippen LogP) is -1.47. The molecule has 2 rings (SSSR count). The molecule has 0 atom stereocenters. The third-order valence-corrected chi connectivity index (χ3v) is 4.34. The van der Waals surface area contributed by atoms with Crippen molar-refractivity contribution in [2.24, 2.45) is 11.5 Å². The zero-order valence-electron chi connectivity index (χ0n) is 9.81. The van der Waals surface area contributed by atoms with Gasteiger partial charge < -0.3 is 11.5 Å². The minimum absolute atomic E-state index is 0.294. The summed E-state index contributed by atoms with van der Waals surface area (Å²) in [5.74, 6) is -1.58. The third kappa shape index (κ3) is 2.19. The van der Waals surface area contributed by atoms with Crippen molar-refractivity contribution < 1.29 is 18.0 Å². The van der Waals surface area contributed by atoms with Gasteiger partial charge in [-0.3, -0.25) is 9.59 Å². The van der Waals surface area contributed by atoms with Crippen LogP contribution in [0.5, 0.6) is 0 Å². The molecule has 0 bridgehead atoms. The quantitative estimate of drug-likeness (QED) is 0.699. The third-order valence-electron chi connectivity index (χ3n) is 2.58. The number of primary amides is 2. The number of amides is 2. The molecule has 19 heavy (non-hydrogen) atoms. The number of hydrogen-bond donors (Lipinski definition) is 2. The topological polar surface area (TPSA) is 127 Å². The maximum atomic E-state index is 12.3. The summed E-state index contributed by atoms with van der Waals surface area (Å²) < 4.78 is 26.2. The van der Waals surface area contributed by atoms with Gasteiger partial charge >= 0.3 is 10.2 Å². The highest BCUT2D eigenvalue weighted by Gasteiger charge is 2.41. The van der Waals surface area contributed by atoms with Gasteiger partial charge in [0, 0.05) is 0 Å². The van der Waals surface area contributed by atoms with Crippen LogP contribution in [0.25, 0.3) is 0 Å². The van der Waals surface area contributed by atoms with E-state index in [1.165, 1.54) is 12.1 Å². The summed E-state index contributed by atoms with van der Waals surface area (Å²) in [6.07, 6.45) is 0. The molecule has 0 aliphatic carbocycles. The fourth-order valence-electron chi connectivity index (χ4n) is 1.87. The van der Waals surface area contributed by atoms with E-state index in [1.54, 1.807) is 12.1 Å². The van der Waals surface area contributed by atoms with Crippen LogP contribution in [-0.4, -0.2) is 33.3 Å². The number of carbonyl (C=O) groups excluding carboxylic acids is 2.